The smallest absolute Gasteiger partial charge is 0.137 e. The SMILES string of the molecule is Nc1ccc2ncnc(NCCc3ccccc3Oc3ccncc3)c2c1. The highest BCUT2D eigenvalue weighted by atomic mass is 16.5. The van der Waals surface area contributed by atoms with Gasteiger partial charge in [-0.05, 0) is 48.4 Å². The molecule has 2 aromatic heterocycles. The molecule has 0 aliphatic heterocycles. The summed E-state index contributed by atoms with van der Waals surface area (Å²) in [6.07, 6.45) is 5.77. The van der Waals surface area contributed by atoms with Gasteiger partial charge in [-0.3, -0.25) is 4.98 Å². The van der Waals surface area contributed by atoms with Gasteiger partial charge in [0.1, 0.15) is 23.6 Å². The molecule has 0 atom stereocenters. The summed E-state index contributed by atoms with van der Waals surface area (Å²) < 4.78 is 5.99. The maximum atomic E-state index is 5.99. The van der Waals surface area contributed by atoms with Crippen molar-refractivity contribution < 1.29 is 4.74 Å². The first-order valence-corrected chi connectivity index (χ1v) is 8.69. The molecule has 0 bridgehead atoms. The van der Waals surface area contributed by atoms with Gasteiger partial charge in [0.15, 0.2) is 0 Å². The normalized spacial score (nSPS) is 10.7. The second kappa shape index (κ2) is 7.70. The Balaban J connectivity index is 1.48. The van der Waals surface area contributed by atoms with E-state index in [1.807, 2.05) is 48.5 Å². The van der Waals surface area contributed by atoms with Crippen LogP contribution in [0.25, 0.3) is 10.9 Å². The molecule has 6 heteroatoms. The minimum absolute atomic E-state index is 0.691. The van der Waals surface area contributed by atoms with Gasteiger partial charge in [0.05, 0.1) is 5.52 Å². The molecular weight excluding hydrogens is 338 g/mol. The number of nitrogens with zero attached hydrogens (tertiary/aromatic N) is 3. The number of para-hydroxylation sites is 1. The lowest BCUT2D eigenvalue weighted by atomic mass is 10.1. The van der Waals surface area contributed by atoms with Crippen molar-refractivity contribution >= 4 is 22.4 Å². The van der Waals surface area contributed by atoms with Crippen LogP contribution in [-0.4, -0.2) is 21.5 Å². The van der Waals surface area contributed by atoms with Crippen LogP contribution in [0.4, 0.5) is 11.5 Å². The zero-order valence-corrected chi connectivity index (χ0v) is 14.7. The molecule has 2 aromatic carbocycles. The van der Waals surface area contributed by atoms with Crippen molar-refractivity contribution in [3.8, 4) is 11.5 Å². The van der Waals surface area contributed by atoms with E-state index in [1.54, 1.807) is 18.7 Å². The van der Waals surface area contributed by atoms with E-state index in [9.17, 15) is 0 Å². The van der Waals surface area contributed by atoms with Crippen LogP contribution in [0.15, 0.2) is 73.3 Å². The molecule has 0 saturated heterocycles. The summed E-state index contributed by atoms with van der Waals surface area (Å²) in [6, 6.07) is 17.3. The third-order valence-corrected chi connectivity index (χ3v) is 4.20. The Morgan fingerprint density at radius 1 is 0.963 bits per heavy atom. The summed E-state index contributed by atoms with van der Waals surface area (Å²) in [6.45, 7) is 0.706. The van der Waals surface area contributed by atoms with E-state index in [0.29, 0.717) is 12.2 Å². The number of fused-ring (bicyclic) bond motifs is 1. The molecular formula is C21H19N5O. The van der Waals surface area contributed by atoms with Crippen molar-refractivity contribution in [3.63, 3.8) is 0 Å². The summed E-state index contributed by atoms with van der Waals surface area (Å²) in [5.41, 5.74) is 8.57. The Kier molecular flexibility index (Phi) is 4.78. The fraction of sp³-hybridized carbons (Fsp3) is 0.0952. The van der Waals surface area contributed by atoms with E-state index >= 15 is 0 Å². The highest BCUT2D eigenvalue weighted by molar-refractivity contribution is 5.91. The lowest BCUT2D eigenvalue weighted by Crippen LogP contribution is -2.08. The highest BCUT2D eigenvalue weighted by Gasteiger charge is 2.07. The maximum Gasteiger partial charge on any atom is 0.137 e. The largest absolute Gasteiger partial charge is 0.457 e. The van der Waals surface area contributed by atoms with Crippen molar-refractivity contribution in [2.24, 2.45) is 0 Å². The average molecular weight is 357 g/mol. The number of hydrogen-bond acceptors (Lipinski definition) is 6. The quantitative estimate of drug-likeness (QED) is 0.506. The molecule has 0 spiro atoms. The van der Waals surface area contributed by atoms with Gasteiger partial charge in [-0.1, -0.05) is 18.2 Å². The Bertz CT molecular complexity index is 1050. The van der Waals surface area contributed by atoms with E-state index in [-0.39, 0.29) is 0 Å². The number of aromatic nitrogens is 3. The third-order valence-electron chi connectivity index (χ3n) is 4.20. The first-order chi connectivity index (χ1) is 13.3. The van der Waals surface area contributed by atoms with Gasteiger partial charge < -0.3 is 15.8 Å². The molecule has 0 aliphatic carbocycles. The number of benzene rings is 2. The van der Waals surface area contributed by atoms with Gasteiger partial charge in [0, 0.05) is 30.0 Å². The standard InChI is InChI=1S/C21H19N5O/c22-16-5-6-19-18(13-16)21(26-14-25-19)24-12-7-15-3-1-2-4-20(15)27-17-8-10-23-11-9-17/h1-6,8-11,13-14H,7,12,22H2,(H,24,25,26). The molecule has 0 saturated carbocycles. The Morgan fingerprint density at radius 2 is 1.81 bits per heavy atom. The number of rotatable bonds is 6. The molecule has 134 valence electrons. The van der Waals surface area contributed by atoms with E-state index in [4.69, 9.17) is 10.5 Å². The van der Waals surface area contributed by atoms with Crippen molar-refractivity contribution in [2.45, 2.75) is 6.42 Å². The van der Waals surface area contributed by atoms with Crippen molar-refractivity contribution in [2.75, 3.05) is 17.6 Å². The predicted octanol–water partition coefficient (Wildman–Crippen LogP) is 4.05. The summed E-state index contributed by atoms with van der Waals surface area (Å²) >= 11 is 0. The van der Waals surface area contributed by atoms with Gasteiger partial charge in [-0.15, -0.1) is 0 Å². The predicted molar refractivity (Wildman–Crippen MR) is 107 cm³/mol. The minimum atomic E-state index is 0.691. The summed E-state index contributed by atoms with van der Waals surface area (Å²) in [5.74, 6) is 2.38. The van der Waals surface area contributed by atoms with Gasteiger partial charge in [0.25, 0.3) is 0 Å². The van der Waals surface area contributed by atoms with Crippen molar-refractivity contribution in [1.82, 2.24) is 15.0 Å². The highest BCUT2D eigenvalue weighted by Crippen LogP contribution is 2.26. The lowest BCUT2D eigenvalue weighted by molar-refractivity contribution is 0.476. The first kappa shape index (κ1) is 16.8. The molecule has 0 fully saturated rings. The topological polar surface area (TPSA) is 86.0 Å². The van der Waals surface area contributed by atoms with Crippen LogP contribution in [0.1, 0.15) is 5.56 Å². The third kappa shape index (κ3) is 3.95. The van der Waals surface area contributed by atoms with Crippen LogP contribution in [0, 0.1) is 0 Å². The van der Waals surface area contributed by atoms with Gasteiger partial charge >= 0.3 is 0 Å². The van der Waals surface area contributed by atoms with E-state index in [2.05, 4.69) is 26.3 Å². The molecule has 4 aromatic rings. The van der Waals surface area contributed by atoms with Crippen LogP contribution >= 0.6 is 0 Å². The summed E-state index contributed by atoms with van der Waals surface area (Å²) in [4.78, 5) is 12.6. The van der Waals surface area contributed by atoms with Gasteiger partial charge in [-0.2, -0.15) is 0 Å². The van der Waals surface area contributed by atoms with Crippen LogP contribution < -0.4 is 15.8 Å². The zero-order valence-electron chi connectivity index (χ0n) is 14.7. The molecule has 6 nitrogen and oxygen atoms in total. The number of anilines is 2. The van der Waals surface area contributed by atoms with Gasteiger partial charge in [-0.25, -0.2) is 9.97 Å². The van der Waals surface area contributed by atoms with E-state index < -0.39 is 0 Å². The van der Waals surface area contributed by atoms with Gasteiger partial charge in [0.2, 0.25) is 0 Å². The van der Waals surface area contributed by atoms with Crippen LogP contribution in [0.2, 0.25) is 0 Å². The second-order valence-electron chi connectivity index (χ2n) is 6.07. The molecule has 27 heavy (non-hydrogen) atoms. The number of nitrogens with one attached hydrogen (secondary N) is 1. The van der Waals surface area contributed by atoms with Crippen LogP contribution in [-0.2, 0) is 6.42 Å². The average Bonchev–Trinajstić information content (AvgIpc) is 2.70. The van der Waals surface area contributed by atoms with Crippen molar-refractivity contribution in [1.29, 1.82) is 0 Å². The number of nitrogens with two attached hydrogens (primary N) is 1. The number of nitrogen functional groups attached to an aromatic ring is 1. The van der Waals surface area contributed by atoms with E-state index in [1.165, 1.54) is 0 Å². The number of pyridine rings is 1. The maximum absolute atomic E-state index is 5.99. The molecule has 0 unspecified atom stereocenters. The molecule has 0 aliphatic rings. The van der Waals surface area contributed by atoms with E-state index in [0.717, 1.165) is 40.2 Å². The van der Waals surface area contributed by atoms with Crippen LogP contribution in [0.5, 0.6) is 11.5 Å². The fourth-order valence-corrected chi connectivity index (χ4v) is 2.87. The number of ether oxygens (including phenoxy) is 1. The molecule has 4 rings (SSSR count). The minimum Gasteiger partial charge on any atom is -0.457 e. The molecule has 0 radical (unpaired) electrons. The second-order valence-corrected chi connectivity index (χ2v) is 6.07. The summed E-state index contributed by atoms with van der Waals surface area (Å²) in [5, 5.41) is 4.30. The summed E-state index contributed by atoms with van der Waals surface area (Å²) in [7, 11) is 0. The first-order valence-electron chi connectivity index (χ1n) is 8.69. The molecule has 2 heterocycles. The molecule has 0 amide bonds. The Labute approximate surface area is 157 Å². The van der Waals surface area contributed by atoms with Crippen molar-refractivity contribution in [3.05, 3.63) is 78.9 Å². The Hall–Kier alpha value is -3.67. The lowest BCUT2D eigenvalue weighted by Gasteiger charge is -2.12. The monoisotopic (exact) mass is 357 g/mol. The van der Waals surface area contributed by atoms with Crippen LogP contribution in [0.3, 0.4) is 0 Å². The zero-order chi connectivity index (χ0) is 18.5. The fourth-order valence-electron chi connectivity index (χ4n) is 2.87. The number of hydrogen-bond donors (Lipinski definition) is 2. The molecule has 3 N–H and O–H groups in total. The Morgan fingerprint density at radius 3 is 2.70 bits per heavy atom.